The second kappa shape index (κ2) is 4.12. The summed E-state index contributed by atoms with van der Waals surface area (Å²) in [4.78, 5) is 3.75. The van der Waals surface area contributed by atoms with Crippen LogP contribution in [0, 0.1) is 16.7 Å². The molecule has 5 rings (SSSR count). The van der Waals surface area contributed by atoms with Gasteiger partial charge in [-0.3, -0.25) is 0 Å². The van der Waals surface area contributed by atoms with Crippen LogP contribution in [0.3, 0.4) is 0 Å². The molecule has 3 saturated carbocycles. The van der Waals surface area contributed by atoms with Crippen molar-refractivity contribution in [2.75, 3.05) is 19.7 Å². The van der Waals surface area contributed by atoms with Crippen molar-refractivity contribution >= 4 is 0 Å². The van der Waals surface area contributed by atoms with Gasteiger partial charge in [0.05, 0.1) is 12.2 Å². The summed E-state index contributed by atoms with van der Waals surface area (Å²) < 4.78 is 42.9. The van der Waals surface area contributed by atoms with Gasteiger partial charge in [-0.2, -0.15) is 13.2 Å². The summed E-state index contributed by atoms with van der Waals surface area (Å²) in [5, 5.41) is 3.31. The number of hydrogen-bond donors (Lipinski definition) is 1. The highest BCUT2D eigenvalue weighted by Gasteiger charge is 2.70. The summed E-state index contributed by atoms with van der Waals surface area (Å²) in [7, 11) is 0. The first kappa shape index (κ1) is 13.4. The van der Waals surface area contributed by atoms with Crippen LogP contribution >= 0.6 is 0 Å². The van der Waals surface area contributed by atoms with E-state index >= 15 is 0 Å². The molecule has 6 heteroatoms. The molecule has 4 fully saturated rings. The number of hydrogen-bond acceptors (Lipinski definition) is 3. The molecule has 1 saturated heterocycles. The molecule has 0 atom stereocenters. The molecule has 0 aromatic carbocycles. The SMILES string of the molecule is FC(F)(F)c1ccc(OCC23CC(C4CNC4)(C2)C3)nc1. The molecule has 1 aromatic heterocycles. The first-order valence-electron chi connectivity index (χ1n) is 7.28. The number of aromatic nitrogens is 1. The van der Waals surface area contributed by atoms with E-state index in [1.165, 1.54) is 25.3 Å². The molecule has 0 unspecified atom stereocenters. The van der Waals surface area contributed by atoms with E-state index in [-0.39, 0.29) is 11.3 Å². The van der Waals surface area contributed by atoms with Crippen LogP contribution in [-0.4, -0.2) is 24.7 Å². The molecular formula is C15H17F3N2O. The predicted molar refractivity (Wildman–Crippen MR) is 69.8 cm³/mol. The summed E-state index contributed by atoms with van der Waals surface area (Å²) in [6.07, 6.45) is 0.0917. The lowest BCUT2D eigenvalue weighted by atomic mass is 9.31. The first-order chi connectivity index (χ1) is 9.91. The summed E-state index contributed by atoms with van der Waals surface area (Å²) >= 11 is 0. The van der Waals surface area contributed by atoms with Crippen LogP contribution in [0.4, 0.5) is 13.2 Å². The molecule has 0 spiro atoms. The third-order valence-electron chi connectivity index (χ3n) is 5.42. The summed E-state index contributed by atoms with van der Waals surface area (Å²) in [5.41, 5.74) is 0.0686. The molecule has 3 aliphatic carbocycles. The van der Waals surface area contributed by atoms with Crippen molar-refractivity contribution in [3.05, 3.63) is 23.9 Å². The highest BCUT2D eigenvalue weighted by Crippen LogP contribution is 2.76. The van der Waals surface area contributed by atoms with Crippen molar-refractivity contribution in [1.82, 2.24) is 10.3 Å². The molecule has 1 N–H and O–H groups in total. The average molecular weight is 298 g/mol. The van der Waals surface area contributed by atoms with E-state index in [2.05, 4.69) is 10.3 Å². The smallest absolute Gasteiger partial charge is 0.417 e. The zero-order valence-electron chi connectivity index (χ0n) is 11.5. The maximum Gasteiger partial charge on any atom is 0.417 e. The van der Waals surface area contributed by atoms with Gasteiger partial charge in [0, 0.05) is 17.7 Å². The Morgan fingerprint density at radius 2 is 1.95 bits per heavy atom. The third kappa shape index (κ3) is 2.03. The second-order valence-electron chi connectivity index (χ2n) is 6.92. The highest BCUT2D eigenvalue weighted by atomic mass is 19.4. The largest absolute Gasteiger partial charge is 0.477 e. The molecule has 0 radical (unpaired) electrons. The van der Waals surface area contributed by atoms with Crippen LogP contribution in [0.2, 0.25) is 0 Å². The van der Waals surface area contributed by atoms with Gasteiger partial charge < -0.3 is 10.1 Å². The maximum absolute atomic E-state index is 12.4. The number of nitrogens with zero attached hydrogens (tertiary/aromatic N) is 1. The molecule has 1 aromatic rings. The maximum atomic E-state index is 12.4. The zero-order valence-corrected chi connectivity index (χ0v) is 11.5. The molecule has 2 bridgehead atoms. The van der Waals surface area contributed by atoms with Gasteiger partial charge in [0.25, 0.3) is 0 Å². The van der Waals surface area contributed by atoms with E-state index < -0.39 is 11.7 Å². The van der Waals surface area contributed by atoms with Gasteiger partial charge in [-0.1, -0.05) is 0 Å². The van der Waals surface area contributed by atoms with Gasteiger partial charge in [-0.25, -0.2) is 4.98 Å². The lowest BCUT2D eigenvalue weighted by Gasteiger charge is -2.74. The number of ether oxygens (including phenoxy) is 1. The van der Waals surface area contributed by atoms with Crippen molar-refractivity contribution in [2.24, 2.45) is 16.7 Å². The Bertz CT molecular complexity index is 531. The van der Waals surface area contributed by atoms with Gasteiger partial charge in [-0.15, -0.1) is 0 Å². The number of pyridine rings is 1. The van der Waals surface area contributed by atoms with Gasteiger partial charge in [-0.05, 0) is 49.8 Å². The molecule has 3 nitrogen and oxygen atoms in total. The highest BCUT2D eigenvalue weighted by molar-refractivity contribution is 5.23. The molecular weight excluding hydrogens is 281 g/mol. The molecule has 4 aliphatic rings. The van der Waals surface area contributed by atoms with Crippen molar-refractivity contribution in [3.63, 3.8) is 0 Å². The van der Waals surface area contributed by atoms with Crippen LogP contribution in [0.1, 0.15) is 24.8 Å². The zero-order chi connectivity index (χ0) is 14.7. The fourth-order valence-electron chi connectivity index (χ4n) is 4.25. The first-order valence-corrected chi connectivity index (χ1v) is 7.28. The predicted octanol–water partition coefficient (Wildman–Crippen LogP) is 2.87. The lowest BCUT2D eigenvalue weighted by Crippen LogP contribution is -2.71. The number of nitrogens with one attached hydrogen (secondary N) is 1. The molecule has 0 amide bonds. The van der Waals surface area contributed by atoms with Gasteiger partial charge in [0.15, 0.2) is 0 Å². The second-order valence-corrected chi connectivity index (χ2v) is 6.92. The van der Waals surface area contributed by atoms with Gasteiger partial charge >= 0.3 is 6.18 Å². The topological polar surface area (TPSA) is 34.1 Å². The number of rotatable bonds is 4. The monoisotopic (exact) mass is 298 g/mol. The Kier molecular flexibility index (Phi) is 2.62. The van der Waals surface area contributed by atoms with E-state index in [0.29, 0.717) is 12.0 Å². The number of alkyl halides is 3. The van der Waals surface area contributed by atoms with Crippen molar-refractivity contribution in [1.29, 1.82) is 0 Å². The van der Waals surface area contributed by atoms with E-state index in [9.17, 15) is 13.2 Å². The Balaban J connectivity index is 1.31. The van der Waals surface area contributed by atoms with Crippen molar-refractivity contribution in [3.8, 4) is 5.88 Å². The van der Waals surface area contributed by atoms with Crippen LogP contribution < -0.4 is 10.1 Å². The minimum atomic E-state index is -4.34. The normalized spacial score (nSPS) is 34.6. The molecule has 1 aliphatic heterocycles. The van der Waals surface area contributed by atoms with E-state index in [4.69, 9.17) is 4.74 Å². The van der Waals surface area contributed by atoms with Crippen LogP contribution in [0.25, 0.3) is 0 Å². The van der Waals surface area contributed by atoms with Gasteiger partial charge in [0.1, 0.15) is 0 Å². The fourth-order valence-corrected chi connectivity index (χ4v) is 4.25. The van der Waals surface area contributed by atoms with Crippen LogP contribution in [-0.2, 0) is 6.18 Å². The Morgan fingerprint density at radius 1 is 1.24 bits per heavy atom. The van der Waals surface area contributed by atoms with Crippen LogP contribution in [0.15, 0.2) is 18.3 Å². The van der Waals surface area contributed by atoms with Crippen LogP contribution in [0.5, 0.6) is 5.88 Å². The van der Waals surface area contributed by atoms with E-state index in [0.717, 1.165) is 31.3 Å². The fraction of sp³-hybridized carbons (Fsp3) is 0.667. The van der Waals surface area contributed by atoms with Crippen molar-refractivity contribution < 1.29 is 17.9 Å². The molecule has 2 heterocycles. The minimum Gasteiger partial charge on any atom is -0.477 e. The molecule has 21 heavy (non-hydrogen) atoms. The summed E-state index contributed by atoms with van der Waals surface area (Å²) in [6, 6.07) is 2.33. The van der Waals surface area contributed by atoms with E-state index in [1.54, 1.807) is 0 Å². The third-order valence-corrected chi connectivity index (χ3v) is 5.42. The molecule has 114 valence electrons. The Labute approximate surface area is 120 Å². The quantitative estimate of drug-likeness (QED) is 0.928. The van der Waals surface area contributed by atoms with Gasteiger partial charge in [0.2, 0.25) is 5.88 Å². The minimum absolute atomic E-state index is 0.264. The summed E-state index contributed by atoms with van der Waals surface area (Å²) in [5.74, 6) is 1.11. The summed E-state index contributed by atoms with van der Waals surface area (Å²) in [6.45, 7) is 2.85. The van der Waals surface area contributed by atoms with Crippen molar-refractivity contribution in [2.45, 2.75) is 25.4 Å². The standard InChI is InChI=1S/C15H17F3N2O/c16-15(17,18)10-1-2-12(20-5-10)21-9-13-6-14(7-13,8-13)11-3-19-4-11/h1-2,5,11,19H,3-4,6-9H2. The lowest BCUT2D eigenvalue weighted by molar-refractivity contribution is -0.255. The Hall–Kier alpha value is -1.30. The average Bonchev–Trinajstić information content (AvgIpc) is 2.27. The van der Waals surface area contributed by atoms with E-state index in [1.807, 2.05) is 0 Å². The Morgan fingerprint density at radius 3 is 2.43 bits per heavy atom. The number of halogens is 3.